The molecule has 2 N–H and O–H groups in total. The van der Waals surface area contributed by atoms with Crippen LogP contribution >= 0.6 is 0 Å². The van der Waals surface area contributed by atoms with Gasteiger partial charge >= 0.3 is 0 Å². The maximum Gasteiger partial charge on any atom is 0.222 e. The fraction of sp³-hybridized carbons (Fsp3) is 0.600. The molecule has 1 amide bonds. The molecule has 1 aliphatic heterocycles. The lowest BCUT2D eigenvalue weighted by atomic mass is 10.2. The second-order valence-corrected chi connectivity index (χ2v) is 9.02. The Hall–Kier alpha value is -2.09. The van der Waals surface area contributed by atoms with Crippen LogP contribution in [0.15, 0.2) is 40.2 Å². The highest BCUT2D eigenvalue weighted by Gasteiger charge is 2.27. The van der Waals surface area contributed by atoms with Crippen LogP contribution in [0.2, 0.25) is 0 Å². The third-order valence-corrected chi connectivity index (χ3v) is 6.69. The van der Waals surface area contributed by atoms with Crippen LogP contribution in [-0.2, 0) is 14.6 Å². The number of nitrogens with one attached hydrogen (secondary N) is 2. The quantitative estimate of drug-likeness (QED) is 0.506. The van der Waals surface area contributed by atoms with Crippen molar-refractivity contribution in [2.45, 2.75) is 57.0 Å². The molecular weight excluding hydrogens is 376 g/mol. The van der Waals surface area contributed by atoms with Crippen LogP contribution in [0.3, 0.4) is 0 Å². The largest absolute Gasteiger partial charge is 0.353 e. The summed E-state index contributed by atoms with van der Waals surface area (Å²) in [4.78, 5) is 18.5. The van der Waals surface area contributed by atoms with E-state index < -0.39 is 9.84 Å². The Morgan fingerprint density at radius 1 is 1.25 bits per heavy atom. The second-order valence-electron chi connectivity index (χ2n) is 6.99. The van der Waals surface area contributed by atoms with Gasteiger partial charge in [0.15, 0.2) is 15.8 Å². The summed E-state index contributed by atoms with van der Waals surface area (Å²) in [5.41, 5.74) is 0. The standard InChI is InChI=1S/C20H32N4O3S/c1-4-16(15-28(26,27)18-10-8-7-9-11-18)22-20(21-6-3)23-17-12-13-24(14-17)19(25)5-2/h7-11,16-17H,4-6,12-15H2,1-3H3,(H2,21,22,23). The van der Waals surface area contributed by atoms with Gasteiger partial charge in [-0.3, -0.25) is 9.79 Å². The Labute approximate surface area is 168 Å². The first kappa shape index (κ1) is 22.2. The normalized spacial score (nSPS) is 18.8. The number of sulfone groups is 1. The Kier molecular flexibility index (Phi) is 8.29. The molecule has 1 fully saturated rings. The lowest BCUT2D eigenvalue weighted by molar-refractivity contribution is -0.129. The zero-order valence-corrected chi connectivity index (χ0v) is 17.8. The van der Waals surface area contributed by atoms with Crippen molar-refractivity contribution < 1.29 is 13.2 Å². The van der Waals surface area contributed by atoms with Gasteiger partial charge in [-0.15, -0.1) is 0 Å². The third-order valence-electron chi connectivity index (χ3n) is 4.86. The number of likely N-dealkylation sites (tertiary alicyclic amines) is 1. The van der Waals surface area contributed by atoms with E-state index in [1.54, 1.807) is 30.3 Å². The minimum atomic E-state index is -3.38. The zero-order chi connectivity index (χ0) is 20.6. The smallest absolute Gasteiger partial charge is 0.222 e. The van der Waals surface area contributed by atoms with Gasteiger partial charge in [-0.1, -0.05) is 32.0 Å². The molecule has 1 aromatic carbocycles. The summed E-state index contributed by atoms with van der Waals surface area (Å²) in [6.07, 6.45) is 2.02. The SMILES string of the molecule is CCN=C(NC1CCN(C(=O)CC)C1)NC(CC)CS(=O)(=O)c1ccccc1. The molecule has 1 saturated heterocycles. The summed E-state index contributed by atoms with van der Waals surface area (Å²) in [5.74, 6) is 0.767. The van der Waals surface area contributed by atoms with Crippen LogP contribution in [0.4, 0.5) is 0 Å². The number of carbonyl (C=O) groups is 1. The molecule has 2 atom stereocenters. The molecule has 2 unspecified atom stereocenters. The Morgan fingerprint density at radius 2 is 1.96 bits per heavy atom. The van der Waals surface area contributed by atoms with Crippen molar-refractivity contribution in [2.75, 3.05) is 25.4 Å². The molecule has 1 heterocycles. The summed E-state index contributed by atoms with van der Waals surface area (Å²) >= 11 is 0. The van der Waals surface area contributed by atoms with Crippen LogP contribution in [0.25, 0.3) is 0 Å². The number of benzene rings is 1. The number of nitrogens with zero attached hydrogens (tertiary/aromatic N) is 2. The fourth-order valence-corrected chi connectivity index (χ4v) is 4.87. The summed E-state index contributed by atoms with van der Waals surface area (Å²) < 4.78 is 25.4. The summed E-state index contributed by atoms with van der Waals surface area (Å²) in [6.45, 7) is 7.74. The van der Waals surface area contributed by atoms with Gasteiger partial charge in [-0.2, -0.15) is 0 Å². The van der Waals surface area contributed by atoms with Crippen LogP contribution < -0.4 is 10.6 Å². The highest BCUT2D eigenvalue weighted by Crippen LogP contribution is 2.13. The average Bonchev–Trinajstić information content (AvgIpc) is 3.16. The molecule has 0 aliphatic carbocycles. The van der Waals surface area contributed by atoms with Gasteiger partial charge in [0.25, 0.3) is 0 Å². The summed E-state index contributed by atoms with van der Waals surface area (Å²) in [5, 5.41) is 6.64. The molecule has 0 radical (unpaired) electrons. The molecular formula is C20H32N4O3S. The van der Waals surface area contributed by atoms with Crippen LogP contribution in [-0.4, -0.2) is 62.7 Å². The monoisotopic (exact) mass is 408 g/mol. The van der Waals surface area contributed by atoms with Crippen LogP contribution in [0.5, 0.6) is 0 Å². The van der Waals surface area contributed by atoms with Gasteiger partial charge in [-0.25, -0.2) is 8.42 Å². The first-order valence-corrected chi connectivity index (χ1v) is 11.7. The zero-order valence-electron chi connectivity index (χ0n) is 17.0. The van der Waals surface area contributed by atoms with Crippen molar-refractivity contribution in [3.8, 4) is 0 Å². The fourth-order valence-electron chi connectivity index (χ4n) is 3.26. The minimum absolute atomic E-state index is 0.00302. The Balaban J connectivity index is 2.00. The molecule has 0 saturated carbocycles. The van der Waals surface area contributed by atoms with Crippen molar-refractivity contribution in [3.63, 3.8) is 0 Å². The highest BCUT2D eigenvalue weighted by molar-refractivity contribution is 7.91. The maximum atomic E-state index is 12.7. The molecule has 1 aromatic rings. The highest BCUT2D eigenvalue weighted by atomic mass is 32.2. The number of hydrogen-bond donors (Lipinski definition) is 2. The molecule has 28 heavy (non-hydrogen) atoms. The molecule has 0 bridgehead atoms. The number of guanidine groups is 1. The Bertz CT molecular complexity index is 765. The second kappa shape index (κ2) is 10.5. The van der Waals surface area contributed by atoms with Crippen molar-refractivity contribution >= 4 is 21.7 Å². The van der Waals surface area contributed by atoms with E-state index in [1.165, 1.54) is 0 Å². The predicted octanol–water partition coefficient (Wildman–Crippen LogP) is 1.80. The van der Waals surface area contributed by atoms with Crippen LogP contribution in [0.1, 0.15) is 40.0 Å². The number of carbonyl (C=O) groups excluding carboxylic acids is 1. The molecule has 156 valence electrons. The van der Waals surface area contributed by atoms with Gasteiger partial charge in [0.2, 0.25) is 5.91 Å². The number of hydrogen-bond acceptors (Lipinski definition) is 4. The van der Waals surface area contributed by atoms with E-state index in [0.717, 1.165) is 13.0 Å². The van der Waals surface area contributed by atoms with E-state index in [0.29, 0.717) is 36.8 Å². The van der Waals surface area contributed by atoms with E-state index in [2.05, 4.69) is 15.6 Å². The van der Waals surface area contributed by atoms with Crippen molar-refractivity contribution in [3.05, 3.63) is 30.3 Å². The summed E-state index contributed by atoms with van der Waals surface area (Å²) in [7, 11) is -3.38. The van der Waals surface area contributed by atoms with Gasteiger partial charge in [0.05, 0.1) is 10.6 Å². The van der Waals surface area contributed by atoms with Gasteiger partial charge in [0, 0.05) is 38.1 Å². The number of aliphatic imine (C=N–C) groups is 1. The predicted molar refractivity (Wildman–Crippen MR) is 112 cm³/mol. The molecule has 0 spiro atoms. The van der Waals surface area contributed by atoms with E-state index in [-0.39, 0.29) is 23.7 Å². The van der Waals surface area contributed by atoms with Crippen molar-refractivity contribution in [1.29, 1.82) is 0 Å². The van der Waals surface area contributed by atoms with Gasteiger partial charge in [-0.05, 0) is 31.9 Å². The maximum absolute atomic E-state index is 12.7. The van der Waals surface area contributed by atoms with E-state index >= 15 is 0 Å². The van der Waals surface area contributed by atoms with Crippen molar-refractivity contribution in [2.24, 2.45) is 4.99 Å². The van der Waals surface area contributed by atoms with E-state index in [4.69, 9.17) is 0 Å². The summed E-state index contributed by atoms with van der Waals surface area (Å²) in [6, 6.07) is 8.39. The van der Waals surface area contributed by atoms with Gasteiger partial charge in [0.1, 0.15) is 0 Å². The lowest BCUT2D eigenvalue weighted by Crippen LogP contribution is -2.50. The minimum Gasteiger partial charge on any atom is -0.353 e. The number of amides is 1. The Morgan fingerprint density at radius 3 is 2.57 bits per heavy atom. The molecule has 0 aromatic heterocycles. The molecule has 2 rings (SSSR count). The molecule has 1 aliphatic rings. The van der Waals surface area contributed by atoms with Crippen molar-refractivity contribution in [1.82, 2.24) is 15.5 Å². The third kappa shape index (κ3) is 6.22. The first-order chi connectivity index (χ1) is 13.4. The first-order valence-electron chi connectivity index (χ1n) is 10.0. The van der Waals surface area contributed by atoms with E-state index in [1.807, 2.05) is 25.7 Å². The lowest BCUT2D eigenvalue weighted by Gasteiger charge is -2.23. The number of rotatable bonds is 8. The molecule has 8 heteroatoms. The van der Waals surface area contributed by atoms with Gasteiger partial charge < -0.3 is 15.5 Å². The topological polar surface area (TPSA) is 90.9 Å². The molecule has 7 nitrogen and oxygen atoms in total. The average molecular weight is 409 g/mol. The van der Waals surface area contributed by atoms with E-state index in [9.17, 15) is 13.2 Å². The van der Waals surface area contributed by atoms with Crippen LogP contribution in [0, 0.1) is 0 Å².